The lowest BCUT2D eigenvalue weighted by molar-refractivity contribution is 0.383. The molecule has 1 heterocycles. The molecular formula is C13H23NO. The Balaban J connectivity index is 2.36. The topological polar surface area (TPSA) is 25.2 Å². The summed E-state index contributed by atoms with van der Waals surface area (Å²) in [7, 11) is 0. The average Bonchev–Trinajstić information content (AvgIpc) is 2.67. The third-order valence-corrected chi connectivity index (χ3v) is 2.58. The molecule has 1 atom stereocenters. The van der Waals surface area contributed by atoms with E-state index in [2.05, 4.69) is 32.2 Å². The van der Waals surface area contributed by atoms with Crippen molar-refractivity contribution in [3.05, 3.63) is 24.2 Å². The second kappa shape index (κ2) is 6.67. The minimum absolute atomic E-state index is 0.570. The molecule has 1 N–H and O–H groups in total. The lowest BCUT2D eigenvalue weighted by atomic mass is 9.98. The molecule has 2 heteroatoms. The highest BCUT2D eigenvalue weighted by molar-refractivity contribution is 4.99. The fourth-order valence-electron chi connectivity index (χ4n) is 1.80. The normalized spacial score (nSPS) is 13.3. The summed E-state index contributed by atoms with van der Waals surface area (Å²) in [4.78, 5) is 0. The molecule has 0 aliphatic heterocycles. The minimum Gasteiger partial charge on any atom is -0.469 e. The Labute approximate surface area is 93.1 Å². The Kier molecular flexibility index (Phi) is 5.48. The summed E-state index contributed by atoms with van der Waals surface area (Å²) in [6, 6.07) is 4.60. The first-order valence-electron chi connectivity index (χ1n) is 5.98. The summed E-state index contributed by atoms with van der Waals surface area (Å²) in [5, 5.41) is 3.50. The van der Waals surface area contributed by atoms with Crippen molar-refractivity contribution in [3.63, 3.8) is 0 Å². The number of hydrogen-bond acceptors (Lipinski definition) is 2. The highest BCUT2D eigenvalue weighted by atomic mass is 16.3. The summed E-state index contributed by atoms with van der Waals surface area (Å²) < 4.78 is 5.39. The number of rotatable bonds is 7. The highest BCUT2D eigenvalue weighted by Gasteiger charge is 2.10. The maximum absolute atomic E-state index is 5.39. The van der Waals surface area contributed by atoms with Crippen molar-refractivity contribution in [1.82, 2.24) is 5.32 Å². The van der Waals surface area contributed by atoms with Crippen LogP contribution in [-0.4, -0.2) is 12.6 Å². The fourth-order valence-corrected chi connectivity index (χ4v) is 1.80. The zero-order chi connectivity index (χ0) is 11.1. The molecule has 0 amide bonds. The van der Waals surface area contributed by atoms with E-state index in [1.165, 1.54) is 12.8 Å². The Morgan fingerprint density at radius 1 is 1.40 bits per heavy atom. The van der Waals surface area contributed by atoms with Crippen molar-refractivity contribution in [2.75, 3.05) is 6.54 Å². The Hall–Kier alpha value is -0.760. The van der Waals surface area contributed by atoms with E-state index < -0.39 is 0 Å². The molecule has 1 rings (SSSR count). The van der Waals surface area contributed by atoms with E-state index in [9.17, 15) is 0 Å². The van der Waals surface area contributed by atoms with Crippen LogP contribution in [0, 0.1) is 5.92 Å². The number of hydrogen-bond donors (Lipinski definition) is 1. The van der Waals surface area contributed by atoms with Crippen LogP contribution in [0.25, 0.3) is 0 Å². The van der Waals surface area contributed by atoms with Crippen LogP contribution in [0.15, 0.2) is 22.8 Å². The van der Waals surface area contributed by atoms with Crippen LogP contribution in [0.3, 0.4) is 0 Å². The van der Waals surface area contributed by atoms with Crippen LogP contribution < -0.4 is 5.32 Å². The first-order chi connectivity index (χ1) is 7.22. The molecule has 1 aromatic rings. The number of furan rings is 1. The monoisotopic (exact) mass is 209 g/mol. The molecule has 1 aromatic heterocycles. The first-order valence-corrected chi connectivity index (χ1v) is 5.98. The molecule has 0 radical (unpaired) electrons. The molecule has 0 aliphatic carbocycles. The summed E-state index contributed by atoms with van der Waals surface area (Å²) in [6.45, 7) is 7.71. The standard InChI is InChI=1S/C13H23NO/c1-4-6-12(10-14-11(2)3)9-13-7-5-8-15-13/h5,7-8,11-12,14H,4,6,9-10H2,1-3H3. The number of nitrogens with one attached hydrogen (secondary N) is 1. The molecule has 0 aromatic carbocycles. The van der Waals surface area contributed by atoms with Crippen molar-refractivity contribution in [2.45, 2.75) is 46.1 Å². The van der Waals surface area contributed by atoms with Gasteiger partial charge in [0.15, 0.2) is 0 Å². The van der Waals surface area contributed by atoms with E-state index in [0.717, 1.165) is 18.7 Å². The van der Waals surface area contributed by atoms with Gasteiger partial charge >= 0.3 is 0 Å². The minimum atomic E-state index is 0.570. The molecule has 0 spiro atoms. The quantitative estimate of drug-likeness (QED) is 0.745. The van der Waals surface area contributed by atoms with Gasteiger partial charge in [0.2, 0.25) is 0 Å². The predicted molar refractivity (Wildman–Crippen MR) is 63.9 cm³/mol. The van der Waals surface area contributed by atoms with Gasteiger partial charge in [0.05, 0.1) is 6.26 Å². The Bertz CT molecular complexity index is 241. The summed E-state index contributed by atoms with van der Waals surface area (Å²) >= 11 is 0. The highest BCUT2D eigenvalue weighted by Crippen LogP contribution is 2.14. The van der Waals surface area contributed by atoms with E-state index >= 15 is 0 Å². The Morgan fingerprint density at radius 2 is 2.20 bits per heavy atom. The van der Waals surface area contributed by atoms with Crippen LogP contribution in [0.2, 0.25) is 0 Å². The molecule has 0 aliphatic rings. The van der Waals surface area contributed by atoms with Crippen molar-refractivity contribution < 1.29 is 4.42 Å². The second-order valence-corrected chi connectivity index (χ2v) is 4.50. The van der Waals surface area contributed by atoms with Crippen LogP contribution in [-0.2, 0) is 6.42 Å². The molecule has 15 heavy (non-hydrogen) atoms. The SMILES string of the molecule is CCCC(CNC(C)C)Cc1ccco1. The van der Waals surface area contributed by atoms with Gasteiger partial charge in [-0.25, -0.2) is 0 Å². The van der Waals surface area contributed by atoms with Crippen LogP contribution in [0.1, 0.15) is 39.4 Å². The van der Waals surface area contributed by atoms with Gasteiger partial charge in [-0.1, -0.05) is 27.2 Å². The first kappa shape index (κ1) is 12.3. The van der Waals surface area contributed by atoms with Gasteiger partial charge in [0.1, 0.15) is 5.76 Å². The smallest absolute Gasteiger partial charge is 0.104 e. The van der Waals surface area contributed by atoms with E-state index in [-0.39, 0.29) is 0 Å². The van der Waals surface area contributed by atoms with Gasteiger partial charge in [0, 0.05) is 12.5 Å². The third-order valence-electron chi connectivity index (χ3n) is 2.58. The molecular weight excluding hydrogens is 186 g/mol. The van der Waals surface area contributed by atoms with Gasteiger partial charge in [-0.15, -0.1) is 0 Å². The van der Waals surface area contributed by atoms with Crippen molar-refractivity contribution >= 4 is 0 Å². The maximum atomic E-state index is 5.39. The van der Waals surface area contributed by atoms with Crippen molar-refractivity contribution in [1.29, 1.82) is 0 Å². The summed E-state index contributed by atoms with van der Waals surface area (Å²) in [5.41, 5.74) is 0. The van der Waals surface area contributed by atoms with Crippen LogP contribution >= 0.6 is 0 Å². The second-order valence-electron chi connectivity index (χ2n) is 4.50. The van der Waals surface area contributed by atoms with Crippen molar-refractivity contribution in [2.24, 2.45) is 5.92 Å². The third kappa shape index (κ3) is 5.03. The Morgan fingerprint density at radius 3 is 2.73 bits per heavy atom. The van der Waals surface area contributed by atoms with E-state index in [1.807, 2.05) is 6.07 Å². The van der Waals surface area contributed by atoms with Gasteiger partial charge in [-0.3, -0.25) is 0 Å². The van der Waals surface area contributed by atoms with Gasteiger partial charge in [-0.2, -0.15) is 0 Å². The van der Waals surface area contributed by atoms with E-state index in [4.69, 9.17) is 4.42 Å². The lowest BCUT2D eigenvalue weighted by Crippen LogP contribution is -2.29. The summed E-state index contributed by atoms with van der Waals surface area (Å²) in [6.07, 6.45) is 5.32. The molecule has 86 valence electrons. The average molecular weight is 209 g/mol. The largest absolute Gasteiger partial charge is 0.469 e. The molecule has 0 saturated carbocycles. The summed E-state index contributed by atoms with van der Waals surface area (Å²) in [5.74, 6) is 1.81. The van der Waals surface area contributed by atoms with E-state index in [0.29, 0.717) is 12.0 Å². The van der Waals surface area contributed by atoms with Crippen LogP contribution in [0.5, 0.6) is 0 Å². The van der Waals surface area contributed by atoms with E-state index in [1.54, 1.807) is 6.26 Å². The fraction of sp³-hybridized carbons (Fsp3) is 0.692. The molecule has 0 bridgehead atoms. The van der Waals surface area contributed by atoms with Crippen molar-refractivity contribution in [3.8, 4) is 0 Å². The van der Waals surface area contributed by atoms with Crippen LogP contribution in [0.4, 0.5) is 0 Å². The molecule has 0 saturated heterocycles. The molecule has 2 nitrogen and oxygen atoms in total. The zero-order valence-electron chi connectivity index (χ0n) is 10.1. The lowest BCUT2D eigenvalue weighted by Gasteiger charge is -2.17. The van der Waals surface area contributed by atoms with Gasteiger partial charge < -0.3 is 9.73 Å². The molecule has 1 unspecified atom stereocenters. The maximum Gasteiger partial charge on any atom is 0.104 e. The predicted octanol–water partition coefficient (Wildman–Crippen LogP) is 3.24. The zero-order valence-corrected chi connectivity index (χ0v) is 10.1. The van der Waals surface area contributed by atoms with Gasteiger partial charge in [-0.05, 0) is 31.0 Å². The van der Waals surface area contributed by atoms with Gasteiger partial charge in [0.25, 0.3) is 0 Å². The molecule has 0 fully saturated rings.